The number of rotatable bonds is 10. The Morgan fingerprint density at radius 2 is 1.65 bits per heavy atom. The molecule has 0 aliphatic carbocycles. The van der Waals surface area contributed by atoms with Crippen LogP contribution in [0.3, 0.4) is 0 Å². The number of aromatic hydroxyl groups is 1. The number of aryl methyl sites for hydroxylation is 1. The molecule has 3 aromatic rings. The number of hydrogen-bond acceptors (Lipinski definition) is 3. The normalized spacial score (nSPS) is 10.0. The van der Waals surface area contributed by atoms with Gasteiger partial charge < -0.3 is 15.7 Å². The first-order valence-corrected chi connectivity index (χ1v) is 11.1. The van der Waals surface area contributed by atoms with Crippen LogP contribution in [-0.2, 0) is 6.54 Å². The van der Waals surface area contributed by atoms with E-state index in [1.54, 1.807) is 12.1 Å². The fraction of sp³-hybridized carbons (Fsp3) is 0.286. The summed E-state index contributed by atoms with van der Waals surface area (Å²) in [5.41, 5.74) is 5.49. The highest BCUT2D eigenvalue weighted by Crippen LogP contribution is 2.18. The van der Waals surface area contributed by atoms with Gasteiger partial charge in [-0.15, -0.1) is 0 Å². The smallest absolute Gasteiger partial charge is 0.115 e. The first kappa shape index (κ1) is 24.1. The van der Waals surface area contributed by atoms with Crippen LogP contribution in [0.2, 0.25) is 0 Å². The fourth-order valence-corrected chi connectivity index (χ4v) is 3.11. The van der Waals surface area contributed by atoms with Crippen molar-refractivity contribution in [2.75, 3.05) is 11.9 Å². The predicted molar refractivity (Wildman–Crippen MR) is 134 cm³/mol. The van der Waals surface area contributed by atoms with E-state index in [-0.39, 0.29) is 0 Å². The molecule has 3 rings (SSSR count). The molecule has 0 aliphatic rings. The maximum absolute atomic E-state index is 9.52. The minimum absolute atomic E-state index is 0.295. The molecule has 31 heavy (non-hydrogen) atoms. The van der Waals surface area contributed by atoms with E-state index in [0.717, 1.165) is 29.1 Å². The Bertz CT molecular complexity index is 906. The van der Waals surface area contributed by atoms with E-state index >= 15 is 0 Å². The molecule has 3 nitrogen and oxygen atoms in total. The molecule has 0 heterocycles. The van der Waals surface area contributed by atoms with Gasteiger partial charge in [-0.25, -0.2) is 0 Å². The summed E-state index contributed by atoms with van der Waals surface area (Å²) in [7, 11) is 0. The Labute approximate surface area is 187 Å². The monoisotopic (exact) mass is 416 g/mol. The summed E-state index contributed by atoms with van der Waals surface area (Å²) in [6.07, 6.45) is 5.00. The molecule has 0 aromatic heterocycles. The van der Waals surface area contributed by atoms with Crippen molar-refractivity contribution in [1.82, 2.24) is 5.32 Å². The Hall–Kier alpha value is -3.20. The molecule has 0 unspecified atom stereocenters. The number of unbranched alkanes of at least 4 members (excludes halogenated alkanes) is 3. The van der Waals surface area contributed by atoms with E-state index < -0.39 is 0 Å². The zero-order chi connectivity index (χ0) is 22.3. The first-order valence-electron chi connectivity index (χ1n) is 11.1. The third kappa shape index (κ3) is 9.90. The van der Waals surface area contributed by atoms with Crippen LogP contribution in [0.1, 0.15) is 49.3 Å². The average molecular weight is 417 g/mol. The molecule has 0 aliphatic heterocycles. The summed E-state index contributed by atoms with van der Waals surface area (Å²) in [6.45, 7) is 10.1. The van der Waals surface area contributed by atoms with Gasteiger partial charge in [0.25, 0.3) is 0 Å². The van der Waals surface area contributed by atoms with Crippen molar-refractivity contribution in [3.63, 3.8) is 0 Å². The van der Waals surface area contributed by atoms with Gasteiger partial charge in [-0.05, 0) is 48.7 Å². The lowest BCUT2D eigenvalue weighted by Crippen LogP contribution is -2.13. The van der Waals surface area contributed by atoms with Crippen LogP contribution in [0.5, 0.6) is 5.75 Å². The van der Waals surface area contributed by atoms with E-state index in [2.05, 4.69) is 55.3 Å². The minimum Gasteiger partial charge on any atom is -0.508 e. The van der Waals surface area contributed by atoms with Crippen molar-refractivity contribution in [1.29, 1.82) is 0 Å². The largest absolute Gasteiger partial charge is 0.508 e. The van der Waals surface area contributed by atoms with Crippen molar-refractivity contribution in [3.8, 4) is 5.75 Å². The number of phenolic OH excluding ortho intramolecular Hbond substituents is 1. The van der Waals surface area contributed by atoms with E-state index in [9.17, 15) is 5.11 Å². The zero-order valence-corrected chi connectivity index (χ0v) is 18.9. The number of benzene rings is 3. The van der Waals surface area contributed by atoms with Gasteiger partial charge >= 0.3 is 0 Å². The molecule has 0 fully saturated rings. The molecule has 0 saturated heterocycles. The van der Waals surface area contributed by atoms with Gasteiger partial charge in [-0.1, -0.05) is 92.9 Å². The quantitative estimate of drug-likeness (QED) is 0.308. The molecule has 3 N–H and O–H groups in total. The molecule has 3 aromatic carbocycles. The lowest BCUT2D eigenvalue weighted by atomic mass is 10.1. The topological polar surface area (TPSA) is 44.3 Å². The van der Waals surface area contributed by atoms with E-state index in [1.165, 1.54) is 31.2 Å². The molecular formula is C28H36N2O. The molecule has 0 radical (unpaired) electrons. The summed E-state index contributed by atoms with van der Waals surface area (Å²) in [5, 5.41) is 16.3. The first-order chi connectivity index (χ1) is 15.1. The van der Waals surface area contributed by atoms with Crippen molar-refractivity contribution in [2.24, 2.45) is 0 Å². The molecule has 164 valence electrons. The van der Waals surface area contributed by atoms with Crippen LogP contribution in [0.25, 0.3) is 5.70 Å². The Morgan fingerprint density at radius 1 is 0.871 bits per heavy atom. The van der Waals surface area contributed by atoms with Crippen molar-refractivity contribution >= 4 is 11.4 Å². The second-order valence-electron chi connectivity index (χ2n) is 7.72. The summed E-state index contributed by atoms with van der Waals surface area (Å²) >= 11 is 0. The summed E-state index contributed by atoms with van der Waals surface area (Å²) < 4.78 is 0. The van der Waals surface area contributed by atoms with Crippen molar-refractivity contribution in [2.45, 2.75) is 46.1 Å². The third-order valence-corrected chi connectivity index (χ3v) is 4.93. The summed E-state index contributed by atoms with van der Waals surface area (Å²) in [4.78, 5) is 0. The van der Waals surface area contributed by atoms with Crippen molar-refractivity contribution in [3.05, 3.63) is 102 Å². The van der Waals surface area contributed by atoms with Crippen LogP contribution in [-0.4, -0.2) is 11.7 Å². The standard InChI is InChI=1S/C21H28N2O.C7H8/c1-3-4-5-6-13-22-17(2)19-10-8-11-20(15-19)23-16-18-9-7-12-21(24)14-18;1-7-5-3-2-4-6-7/h7-12,14-15,22-24H,2-6,13,16H2,1H3;2-6H,1H3. The minimum atomic E-state index is 0.295. The molecule has 0 spiro atoms. The van der Waals surface area contributed by atoms with Gasteiger partial charge in [-0.3, -0.25) is 0 Å². The molecule has 0 bridgehead atoms. The number of nitrogens with one attached hydrogen (secondary N) is 2. The van der Waals surface area contributed by atoms with Gasteiger partial charge in [0.05, 0.1) is 0 Å². The van der Waals surface area contributed by atoms with Crippen LogP contribution < -0.4 is 10.6 Å². The molecule has 0 amide bonds. The number of hydrogen-bond donors (Lipinski definition) is 3. The van der Waals surface area contributed by atoms with Gasteiger partial charge in [0.15, 0.2) is 0 Å². The van der Waals surface area contributed by atoms with E-state index in [4.69, 9.17) is 0 Å². The van der Waals surface area contributed by atoms with Gasteiger partial charge in [0.2, 0.25) is 0 Å². The molecule has 0 saturated carbocycles. The highest BCUT2D eigenvalue weighted by molar-refractivity contribution is 5.65. The molecular weight excluding hydrogens is 380 g/mol. The second-order valence-corrected chi connectivity index (χ2v) is 7.72. The third-order valence-electron chi connectivity index (χ3n) is 4.93. The van der Waals surface area contributed by atoms with Crippen LogP contribution >= 0.6 is 0 Å². The van der Waals surface area contributed by atoms with Crippen LogP contribution in [0.15, 0.2) is 85.4 Å². The fourth-order valence-electron chi connectivity index (χ4n) is 3.11. The second kappa shape index (κ2) is 13.9. The SMILES string of the molecule is C=C(NCCCCCC)c1cccc(NCc2cccc(O)c2)c1.Cc1ccccc1. The van der Waals surface area contributed by atoms with E-state index in [1.807, 2.05) is 42.5 Å². The summed E-state index contributed by atoms with van der Waals surface area (Å²) in [6, 6.07) is 25.8. The highest BCUT2D eigenvalue weighted by Gasteiger charge is 2.01. The van der Waals surface area contributed by atoms with Gasteiger partial charge in [0.1, 0.15) is 5.75 Å². The zero-order valence-electron chi connectivity index (χ0n) is 18.9. The highest BCUT2D eigenvalue weighted by atomic mass is 16.3. The van der Waals surface area contributed by atoms with Crippen LogP contribution in [0.4, 0.5) is 5.69 Å². The number of phenols is 1. The lowest BCUT2D eigenvalue weighted by Gasteiger charge is -2.12. The predicted octanol–water partition coefficient (Wildman–Crippen LogP) is 7.14. The lowest BCUT2D eigenvalue weighted by molar-refractivity contribution is 0.474. The Balaban J connectivity index is 0.000000412. The maximum Gasteiger partial charge on any atom is 0.115 e. The van der Waals surface area contributed by atoms with Crippen molar-refractivity contribution < 1.29 is 5.11 Å². The average Bonchev–Trinajstić information content (AvgIpc) is 2.79. The molecule has 0 atom stereocenters. The number of anilines is 1. The van der Waals surface area contributed by atoms with Gasteiger partial charge in [0, 0.05) is 24.5 Å². The Kier molecular flexibility index (Phi) is 10.8. The van der Waals surface area contributed by atoms with E-state index in [0.29, 0.717) is 12.3 Å². The maximum atomic E-state index is 9.52. The molecule has 3 heteroatoms. The van der Waals surface area contributed by atoms with Gasteiger partial charge in [-0.2, -0.15) is 0 Å². The summed E-state index contributed by atoms with van der Waals surface area (Å²) in [5.74, 6) is 0.295. The Morgan fingerprint density at radius 3 is 2.32 bits per heavy atom. The van der Waals surface area contributed by atoms with Crippen LogP contribution in [0, 0.1) is 6.92 Å².